The van der Waals surface area contributed by atoms with E-state index in [1.165, 1.54) is 11.8 Å². The highest BCUT2D eigenvalue weighted by atomic mass is 35.5. The maximum Gasteiger partial charge on any atom is 0.212 e. The number of aromatic nitrogens is 3. The van der Waals surface area contributed by atoms with Crippen LogP contribution in [-0.2, 0) is 5.75 Å². The number of benzene rings is 2. The van der Waals surface area contributed by atoms with Crippen LogP contribution in [-0.4, -0.2) is 27.2 Å². The highest BCUT2D eigenvalue weighted by Crippen LogP contribution is 2.25. The molecule has 0 saturated heterocycles. The van der Waals surface area contributed by atoms with Crippen LogP contribution < -0.4 is 4.74 Å². The fourth-order valence-corrected chi connectivity index (χ4v) is 3.33. The van der Waals surface area contributed by atoms with Crippen molar-refractivity contribution in [1.82, 2.24) is 14.9 Å². The van der Waals surface area contributed by atoms with Crippen molar-refractivity contribution in [2.24, 2.45) is 5.10 Å². The van der Waals surface area contributed by atoms with Gasteiger partial charge < -0.3 is 4.74 Å². The summed E-state index contributed by atoms with van der Waals surface area (Å²) in [6.07, 6.45) is 3.51. The van der Waals surface area contributed by atoms with Crippen molar-refractivity contribution in [3.8, 4) is 5.75 Å². The molecule has 7 heteroatoms. The summed E-state index contributed by atoms with van der Waals surface area (Å²) in [5.41, 5.74) is 2.02. The first-order valence-corrected chi connectivity index (χ1v) is 9.55. The second kappa shape index (κ2) is 8.87. The Balaban J connectivity index is 1.65. The van der Waals surface area contributed by atoms with Crippen molar-refractivity contribution in [3.05, 3.63) is 71.0 Å². The smallest absolute Gasteiger partial charge is 0.212 e. The van der Waals surface area contributed by atoms with E-state index >= 15 is 0 Å². The predicted molar refractivity (Wildman–Crippen MR) is 106 cm³/mol. The average molecular weight is 387 g/mol. The summed E-state index contributed by atoms with van der Waals surface area (Å²) in [6.45, 7) is 4.01. The van der Waals surface area contributed by atoms with Crippen molar-refractivity contribution < 1.29 is 4.74 Å². The van der Waals surface area contributed by atoms with Crippen molar-refractivity contribution >= 4 is 29.6 Å². The molecule has 26 heavy (non-hydrogen) atoms. The Kier molecular flexibility index (Phi) is 6.30. The van der Waals surface area contributed by atoms with E-state index in [0.717, 1.165) is 21.9 Å². The monoisotopic (exact) mass is 386 g/mol. The number of thioether (sulfide) groups is 1. The van der Waals surface area contributed by atoms with E-state index in [1.807, 2.05) is 62.4 Å². The summed E-state index contributed by atoms with van der Waals surface area (Å²) in [6, 6.07) is 15.6. The van der Waals surface area contributed by atoms with Gasteiger partial charge in [0.05, 0.1) is 12.3 Å². The van der Waals surface area contributed by atoms with Crippen LogP contribution in [0.25, 0.3) is 0 Å². The third kappa shape index (κ3) is 5.09. The van der Waals surface area contributed by atoms with E-state index in [-0.39, 0.29) is 6.10 Å². The zero-order valence-electron chi connectivity index (χ0n) is 14.5. The van der Waals surface area contributed by atoms with Gasteiger partial charge in [-0.1, -0.05) is 41.6 Å². The molecule has 0 bridgehead atoms. The lowest BCUT2D eigenvalue weighted by molar-refractivity contribution is 0.242. The van der Waals surface area contributed by atoms with Gasteiger partial charge in [0.1, 0.15) is 12.1 Å². The Labute approximate surface area is 162 Å². The molecule has 0 aliphatic rings. The summed E-state index contributed by atoms with van der Waals surface area (Å²) in [5, 5.41) is 14.0. The summed E-state index contributed by atoms with van der Waals surface area (Å²) in [5.74, 6) is 1.55. The predicted octanol–water partition coefficient (Wildman–Crippen LogP) is 4.89. The lowest BCUT2D eigenvalue weighted by Gasteiger charge is -2.09. The van der Waals surface area contributed by atoms with Crippen LogP contribution in [0.2, 0.25) is 5.02 Å². The molecular formula is C19H19ClN4OS. The molecule has 1 heterocycles. The number of rotatable bonds is 7. The van der Waals surface area contributed by atoms with E-state index in [0.29, 0.717) is 10.9 Å². The first-order valence-electron chi connectivity index (χ1n) is 8.19. The van der Waals surface area contributed by atoms with Crippen molar-refractivity contribution in [2.45, 2.75) is 30.9 Å². The Morgan fingerprint density at radius 1 is 1.19 bits per heavy atom. The van der Waals surface area contributed by atoms with Crippen molar-refractivity contribution in [2.75, 3.05) is 0 Å². The molecule has 0 aliphatic carbocycles. The van der Waals surface area contributed by atoms with Gasteiger partial charge in [0.2, 0.25) is 5.16 Å². The van der Waals surface area contributed by atoms with E-state index in [2.05, 4.69) is 15.3 Å². The van der Waals surface area contributed by atoms with Gasteiger partial charge in [-0.3, -0.25) is 0 Å². The number of nitrogens with zero attached hydrogens (tertiary/aromatic N) is 4. The van der Waals surface area contributed by atoms with Gasteiger partial charge in [-0.25, -0.2) is 0 Å². The Morgan fingerprint density at radius 2 is 1.96 bits per heavy atom. The lowest BCUT2D eigenvalue weighted by atomic mass is 10.2. The normalized spacial score (nSPS) is 11.4. The second-order valence-electron chi connectivity index (χ2n) is 5.82. The fraction of sp³-hybridized carbons (Fsp3) is 0.211. The van der Waals surface area contributed by atoms with Crippen LogP contribution >= 0.6 is 23.4 Å². The van der Waals surface area contributed by atoms with Crippen LogP contribution in [0.15, 0.2) is 65.1 Å². The Bertz CT molecular complexity index is 877. The van der Waals surface area contributed by atoms with Crippen LogP contribution in [0.5, 0.6) is 5.75 Å². The average Bonchev–Trinajstić information content (AvgIpc) is 3.07. The molecule has 0 spiro atoms. The zero-order chi connectivity index (χ0) is 18.4. The summed E-state index contributed by atoms with van der Waals surface area (Å²) in [4.78, 5) is 0. The largest absolute Gasteiger partial charge is 0.491 e. The molecule has 3 aromatic rings. The maximum absolute atomic E-state index is 6.19. The SMILES string of the molecule is CC(C)Oc1ccc(/C=N\n2cnnc2SCc2ccccc2Cl)cc1. The van der Waals surface area contributed by atoms with Gasteiger partial charge in [-0.05, 0) is 55.3 Å². The van der Waals surface area contributed by atoms with E-state index in [1.54, 1.807) is 17.2 Å². The molecule has 3 rings (SSSR count). The van der Waals surface area contributed by atoms with Gasteiger partial charge in [0.25, 0.3) is 0 Å². The molecule has 2 aromatic carbocycles. The van der Waals surface area contributed by atoms with Crippen LogP contribution in [0.4, 0.5) is 0 Å². The van der Waals surface area contributed by atoms with Crippen LogP contribution in [0.3, 0.4) is 0 Å². The molecule has 0 fully saturated rings. The third-order valence-corrected chi connectivity index (χ3v) is 4.75. The highest BCUT2D eigenvalue weighted by molar-refractivity contribution is 7.98. The molecule has 0 unspecified atom stereocenters. The Morgan fingerprint density at radius 3 is 2.69 bits per heavy atom. The molecule has 0 N–H and O–H groups in total. The van der Waals surface area contributed by atoms with Gasteiger partial charge in [0, 0.05) is 10.8 Å². The minimum Gasteiger partial charge on any atom is -0.491 e. The maximum atomic E-state index is 6.19. The van der Waals surface area contributed by atoms with Crippen LogP contribution in [0.1, 0.15) is 25.0 Å². The topological polar surface area (TPSA) is 52.3 Å². The van der Waals surface area contributed by atoms with Gasteiger partial charge in [0.15, 0.2) is 0 Å². The highest BCUT2D eigenvalue weighted by Gasteiger charge is 2.06. The molecular weight excluding hydrogens is 368 g/mol. The summed E-state index contributed by atoms with van der Waals surface area (Å²) >= 11 is 7.73. The first kappa shape index (κ1) is 18.5. The van der Waals surface area contributed by atoms with Gasteiger partial charge in [-0.2, -0.15) is 9.78 Å². The first-order chi connectivity index (χ1) is 12.6. The molecule has 0 aliphatic heterocycles. The zero-order valence-corrected chi connectivity index (χ0v) is 16.1. The van der Waals surface area contributed by atoms with E-state index in [9.17, 15) is 0 Å². The minimum atomic E-state index is 0.157. The molecule has 0 atom stereocenters. The molecule has 0 amide bonds. The van der Waals surface area contributed by atoms with E-state index in [4.69, 9.17) is 16.3 Å². The lowest BCUT2D eigenvalue weighted by Crippen LogP contribution is -2.05. The molecule has 134 valence electrons. The van der Waals surface area contributed by atoms with Crippen molar-refractivity contribution in [3.63, 3.8) is 0 Å². The number of ether oxygens (including phenoxy) is 1. The standard InChI is InChI=1S/C19H19ClN4OS/c1-14(2)25-17-9-7-15(8-10-17)11-22-24-13-21-23-19(24)26-12-16-5-3-4-6-18(16)20/h3-11,13-14H,12H2,1-2H3/b22-11-. The Hall–Kier alpha value is -2.31. The quantitative estimate of drug-likeness (QED) is 0.428. The number of hydrogen-bond donors (Lipinski definition) is 0. The molecule has 0 saturated carbocycles. The second-order valence-corrected chi connectivity index (χ2v) is 7.17. The number of hydrogen-bond acceptors (Lipinski definition) is 5. The minimum absolute atomic E-state index is 0.157. The van der Waals surface area contributed by atoms with Crippen molar-refractivity contribution in [1.29, 1.82) is 0 Å². The molecule has 0 radical (unpaired) electrons. The van der Waals surface area contributed by atoms with E-state index < -0.39 is 0 Å². The van der Waals surface area contributed by atoms with Gasteiger partial charge >= 0.3 is 0 Å². The molecule has 5 nitrogen and oxygen atoms in total. The van der Waals surface area contributed by atoms with Gasteiger partial charge in [-0.15, -0.1) is 10.2 Å². The molecule has 1 aromatic heterocycles. The summed E-state index contributed by atoms with van der Waals surface area (Å²) < 4.78 is 7.29. The number of halogens is 1. The van der Waals surface area contributed by atoms with Crippen LogP contribution in [0, 0.1) is 0 Å². The summed E-state index contributed by atoms with van der Waals surface area (Å²) in [7, 11) is 0. The fourth-order valence-electron chi connectivity index (χ4n) is 2.18. The third-order valence-electron chi connectivity index (χ3n) is 3.40.